The lowest BCUT2D eigenvalue weighted by Gasteiger charge is -2.36. The SMILES string of the molecule is CNC1CCC(N(C)c2ccc(C)cc2Br)CC1. The number of nitrogens with one attached hydrogen (secondary N) is 1. The number of hydrogen-bond acceptors (Lipinski definition) is 2. The first-order valence-electron chi connectivity index (χ1n) is 6.78. The van der Waals surface area contributed by atoms with Crippen LogP contribution in [-0.2, 0) is 0 Å². The molecule has 1 aliphatic rings. The third kappa shape index (κ3) is 3.07. The van der Waals surface area contributed by atoms with Crippen molar-refractivity contribution in [2.24, 2.45) is 0 Å². The number of benzene rings is 1. The molecule has 1 aromatic rings. The van der Waals surface area contributed by atoms with E-state index in [1.54, 1.807) is 0 Å². The summed E-state index contributed by atoms with van der Waals surface area (Å²) in [7, 11) is 4.30. The van der Waals surface area contributed by atoms with Crippen molar-refractivity contribution in [3.63, 3.8) is 0 Å². The molecule has 0 saturated heterocycles. The Labute approximate surface area is 119 Å². The summed E-state index contributed by atoms with van der Waals surface area (Å²) in [5.41, 5.74) is 2.62. The highest BCUT2D eigenvalue weighted by atomic mass is 79.9. The molecular weight excluding hydrogens is 288 g/mol. The predicted octanol–water partition coefficient (Wildman–Crippen LogP) is 3.72. The Balaban J connectivity index is 2.05. The van der Waals surface area contributed by atoms with Crippen molar-refractivity contribution in [3.8, 4) is 0 Å². The van der Waals surface area contributed by atoms with Crippen molar-refractivity contribution in [1.82, 2.24) is 5.32 Å². The molecule has 0 radical (unpaired) electrons. The summed E-state index contributed by atoms with van der Waals surface area (Å²) < 4.78 is 1.21. The average Bonchev–Trinajstić information content (AvgIpc) is 2.38. The van der Waals surface area contributed by atoms with E-state index >= 15 is 0 Å². The second kappa shape index (κ2) is 6.07. The maximum Gasteiger partial charge on any atom is 0.0510 e. The van der Waals surface area contributed by atoms with E-state index in [1.807, 2.05) is 0 Å². The molecule has 1 fully saturated rings. The van der Waals surface area contributed by atoms with Crippen LogP contribution in [0.4, 0.5) is 5.69 Å². The Morgan fingerprint density at radius 1 is 1.22 bits per heavy atom. The van der Waals surface area contributed by atoms with Gasteiger partial charge < -0.3 is 10.2 Å². The van der Waals surface area contributed by atoms with Crippen LogP contribution >= 0.6 is 15.9 Å². The first-order chi connectivity index (χ1) is 8.61. The molecular formula is C15H23BrN2. The number of hydrogen-bond donors (Lipinski definition) is 1. The molecule has 0 atom stereocenters. The van der Waals surface area contributed by atoms with Gasteiger partial charge in [0, 0.05) is 23.6 Å². The van der Waals surface area contributed by atoms with E-state index in [0.29, 0.717) is 6.04 Å². The van der Waals surface area contributed by atoms with Crippen LogP contribution in [0, 0.1) is 6.92 Å². The van der Waals surface area contributed by atoms with E-state index in [-0.39, 0.29) is 0 Å². The highest BCUT2D eigenvalue weighted by Crippen LogP contribution is 2.31. The minimum atomic E-state index is 0.675. The van der Waals surface area contributed by atoms with Gasteiger partial charge >= 0.3 is 0 Å². The third-order valence-electron chi connectivity index (χ3n) is 4.14. The molecule has 2 nitrogen and oxygen atoms in total. The van der Waals surface area contributed by atoms with E-state index in [4.69, 9.17) is 0 Å². The highest BCUT2D eigenvalue weighted by molar-refractivity contribution is 9.10. The van der Waals surface area contributed by atoms with Crippen molar-refractivity contribution < 1.29 is 0 Å². The van der Waals surface area contributed by atoms with Crippen LogP contribution in [0.3, 0.4) is 0 Å². The molecule has 0 aliphatic heterocycles. The third-order valence-corrected chi connectivity index (χ3v) is 4.77. The minimum Gasteiger partial charge on any atom is -0.371 e. The fourth-order valence-corrected chi connectivity index (χ4v) is 3.62. The van der Waals surface area contributed by atoms with Crippen LogP contribution in [0.5, 0.6) is 0 Å². The summed E-state index contributed by atoms with van der Waals surface area (Å²) in [6.45, 7) is 2.13. The number of anilines is 1. The fraction of sp³-hybridized carbons (Fsp3) is 0.600. The predicted molar refractivity (Wildman–Crippen MR) is 82.4 cm³/mol. The fourth-order valence-electron chi connectivity index (χ4n) is 2.85. The molecule has 0 heterocycles. The monoisotopic (exact) mass is 310 g/mol. The largest absolute Gasteiger partial charge is 0.371 e. The number of halogens is 1. The Hall–Kier alpha value is -0.540. The van der Waals surface area contributed by atoms with Gasteiger partial charge in [-0.1, -0.05) is 6.07 Å². The van der Waals surface area contributed by atoms with E-state index in [0.717, 1.165) is 6.04 Å². The Kier molecular flexibility index (Phi) is 4.68. The van der Waals surface area contributed by atoms with E-state index in [1.165, 1.54) is 41.4 Å². The van der Waals surface area contributed by atoms with Crippen LogP contribution in [-0.4, -0.2) is 26.2 Å². The zero-order valence-electron chi connectivity index (χ0n) is 11.5. The molecule has 0 bridgehead atoms. The van der Waals surface area contributed by atoms with Crippen LogP contribution in [0.1, 0.15) is 31.2 Å². The van der Waals surface area contributed by atoms with Crippen molar-refractivity contribution in [3.05, 3.63) is 28.2 Å². The van der Waals surface area contributed by atoms with Crippen LogP contribution in [0.25, 0.3) is 0 Å². The first-order valence-corrected chi connectivity index (χ1v) is 7.57. The Bertz CT molecular complexity index is 397. The smallest absolute Gasteiger partial charge is 0.0510 e. The second-order valence-corrected chi connectivity index (χ2v) is 6.21. The van der Waals surface area contributed by atoms with Crippen molar-refractivity contribution in [2.75, 3.05) is 19.0 Å². The summed E-state index contributed by atoms with van der Waals surface area (Å²) in [4.78, 5) is 2.44. The number of aryl methyl sites for hydroxylation is 1. The zero-order chi connectivity index (χ0) is 13.1. The second-order valence-electron chi connectivity index (χ2n) is 5.36. The quantitative estimate of drug-likeness (QED) is 0.915. The van der Waals surface area contributed by atoms with Crippen molar-refractivity contribution in [2.45, 2.75) is 44.7 Å². The number of nitrogens with zero attached hydrogens (tertiary/aromatic N) is 1. The number of rotatable bonds is 3. The molecule has 2 rings (SSSR count). The summed E-state index contributed by atoms with van der Waals surface area (Å²) in [6, 6.07) is 8.01. The molecule has 1 aliphatic carbocycles. The maximum atomic E-state index is 3.69. The Morgan fingerprint density at radius 2 is 1.89 bits per heavy atom. The molecule has 0 unspecified atom stereocenters. The van der Waals surface area contributed by atoms with E-state index < -0.39 is 0 Å². The van der Waals surface area contributed by atoms with E-state index in [2.05, 4.69) is 65.4 Å². The van der Waals surface area contributed by atoms with Gasteiger partial charge in [0.1, 0.15) is 0 Å². The summed E-state index contributed by atoms with van der Waals surface area (Å²) in [6.07, 6.45) is 5.13. The first kappa shape index (κ1) is 13.9. The highest BCUT2D eigenvalue weighted by Gasteiger charge is 2.24. The lowest BCUT2D eigenvalue weighted by Crippen LogP contribution is -2.40. The lowest BCUT2D eigenvalue weighted by atomic mass is 9.90. The van der Waals surface area contributed by atoms with Gasteiger partial charge in [0.2, 0.25) is 0 Å². The lowest BCUT2D eigenvalue weighted by molar-refractivity contribution is 0.351. The molecule has 1 saturated carbocycles. The van der Waals surface area contributed by atoms with Crippen molar-refractivity contribution in [1.29, 1.82) is 0 Å². The van der Waals surface area contributed by atoms with Crippen LogP contribution in [0.2, 0.25) is 0 Å². The minimum absolute atomic E-state index is 0.675. The molecule has 0 spiro atoms. The summed E-state index contributed by atoms with van der Waals surface area (Å²) >= 11 is 3.69. The standard InChI is InChI=1S/C15H23BrN2/c1-11-4-9-15(14(16)10-11)18(3)13-7-5-12(17-2)6-8-13/h4,9-10,12-13,17H,5-8H2,1-3H3. The molecule has 18 heavy (non-hydrogen) atoms. The van der Waals surface area contributed by atoms with Gasteiger partial charge in [-0.15, -0.1) is 0 Å². The normalized spacial score (nSPS) is 24.0. The van der Waals surface area contributed by atoms with Gasteiger partial charge in [-0.25, -0.2) is 0 Å². The summed E-state index contributed by atoms with van der Waals surface area (Å²) in [5.74, 6) is 0. The molecule has 3 heteroatoms. The molecule has 1 aromatic carbocycles. The molecule has 1 N–H and O–H groups in total. The van der Waals surface area contributed by atoms with Crippen LogP contribution < -0.4 is 10.2 Å². The van der Waals surface area contributed by atoms with Gasteiger partial charge in [0.25, 0.3) is 0 Å². The van der Waals surface area contributed by atoms with Gasteiger partial charge in [-0.05, 0) is 73.3 Å². The molecule has 0 amide bonds. The summed E-state index contributed by atoms with van der Waals surface area (Å²) in [5, 5.41) is 3.39. The zero-order valence-corrected chi connectivity index (χ0v) is 13.1. The molecule has 0 aromatic heterocycles. The maximum absolute atomic E-state index is 3.69. The Morgan fingerprint density at radius 3 is 2.44 bits per heavy atom. The van der Waals surface area contributed by atoms with Gasteiger partial charge in [0.15, 0.2) is 0 Å². The average molecular weight is 311 g/mol. The molecule has 100 valence electrons. The topological polar surface area (TPSA) is 15.3 Å². The van der Waals surface area contributed by atoms with Gasteiger partial charge in [-0.2, -0.15) is 0 Å². The van der Waals surface area contributed by atoms with Crippen LogP contribution in [0.15, 0.2) is 22.7 Å². The van der Waals surface area contributed by atoms with Gasteiger partial charge in [-0.3, -0.25) is 0 Å². The van der Waals surface area contributed by atoms with Gasteiger partial charge in [0.05, 0.1) is 5.69 Å². The van der Waals surface area contributed by atoms with Crippen molar-refractivity contribution >= 4 is 21.6 Å². The van der Waals surface area contributed by atoms with E-state index in [9.17, 15) is 0 Å².